The van der Waals surface area contributed by atoms with E-state index in [1.807, 2.05) is 36.4 Å². The van der Waals surface area contributed by atoms with Gasteiger partial charge in [-0.05, 0) is 23.6 Å². The smallest absolute Gasteiger partial charge is 0.303 e. The standard InChI is InChI=1S/C21H23N3O4/c1-23-20(16-8-3-2-4-9-16)24(18(25)10-5-11-19(26)27)17(21(23)28)13-15-7-6-12-22-14-15/h2-4,6-9,12,14,17,20H,5,10-11,13H2,1H3,(H,26,27)/t17-,20?/m1/s1. The minimum atomic E-state index is -0.936. The number of carboxylic acid groups (broad SMARTS) is 1. The molecular weight excluding hydrogens is 358 g/mol. The van der Waals surface area contributed by atoms with Gasteiger partial charge in [-0.15, -0.1) is 0 Å². The Morgan fingerprint density at radius 3 is 2.50 bits per heavy atom. The van der Waals surface area contributed by atoms with E-state index in [-0.39, 0.29) is 31.1 Å². The molecule has 1 N–H and O–H groups in total. The molecule has 1 saturated heterocycles. The number of pyridine rings is 1. The van der Waals surface area contributed by atoms with Crippen molar-refractivity contribution in [1.29, 1.82) is 0 Å². The zero-order valence-corrected chi connectivity index (χ0v) is 15.7. The molecule has 28 heavy (non-hydrogen) atoms. The van der Waals surface area contributed by atoms with Crippen molar-refractivity contribution in [2.45, 2.75) is 37.9 Å². The molecule has 0 aliphatic carbocycles. The first-order valence-corrected chi connectivity index (χ1v) is 9.22. The van der Waals surface area contributed by atoms with E-state index in [4.69, 9.17) is 5.11 Å². The van der Waals surface area contributed by atoms with Gasteiger partial charge < -0.3 is 14.9 Å². The molecule has 0 bridgehead atoms. The SMILES string of the molecule is CN1C(=O)[C@@H](Cc2cccnc2)N(C(=O)CCCC(=O)O)C1c1ccccc1. The maximum Gasteiger partial charge on any atom is 0.303 e. The number of aliphatic carboxylic acids is 1. The average Bonchev–Trinajstić information content (AvgIpc) is 2.94. The number of aromatic nitrogens is 1. The molecular formula is C21H23N3O4. The van der Waals surface area contributed by atoms with Crippen LogP contribution in [0.5, 0.6) is 0 Å². The monoisotopic (exact) mass is 381 g/mol. The Bertz CT molecular complexity index is 841. The van der Waals surface area contributed by atoms with Gasteiger partial charge in [-0.25, -0.2) is 0 Å². The van der Waals surface area contributed by atoms with Crippen LogP contribution in [0.3, 0.4) is 0 Å². The van der Waals surface area contributed by atoms with Crippen molar-refractivity contribution in [3.8, 4) is 0 Å². The van der Waals surface area contributed by atoms with Crippen LogP contribution in [0.15, 0.2) is 54.9 Å². The predicted molar refractivity (Wildman–Crippen MR) is 102 cm³/mol. The molecule has 3 rings (SSSR count). The Labute approximate surface area is 163 Å². The zero-order chi connectivity index (χ0) is 20.1. The van der Waals surface area contributed by atoms with E-state index in [0.717, 1.165) is 11.1 Å². The molecule has 2 aromatic rings. The number of likely N-dealkylation sites (N-methyl/N-ethyl adjacent to an activating group) is 1. The molecule has 1 unspecified atom stereocenters. The first-order chi connectivity index (χ1) is 13.5. The minimum Gasteiger partial charge on any atom is -0.481 e. The second-order valence-electron chi connectivity index (χ2n) is 6.86. The summed E-state index contributed by atoms with van der Waals surface area (Å²) in [4.78, 5) is 44.1. The van der Waals surface area contributed by atoms with Gasteiger partial charge in [-0.2, -0.15) is 0 Å². The highest BCUT2D eigenvalue weighted by Crippen LogP contribution is 2.35. The minimum absolute atomic E-state index is 0.0767. The van der Waals surface area contributed by atoms with Crippen LogP contribution in [-0.4, -0.2) is 50.8 Å². The van der Waals surface area contributed by atoms with Gasteiger partial charge in [0.05, 0.1) is 0 Å². The summed E-state index contributed by atoms with van der Waals surface area (Å²) in [5, 5.41) is 8.86. The summed E-state index contributed by atoms with van der Waals surface area (Å²) in [5.74, 6) is -1.29. The van der Waals surface area contributed by atoms with Crippen molar-refractivity contribution in [2.24, 2.45) is 0 Å². The number of amides is 2. The van der Waals surface area contributed by atoms with Gasteiger partial charge in [0.25, 0.3) is 0 Å². The highest BCUT2D eigenvalue weighted by molar-refractivity contribution is 5.91. The van der Waals surface area contributed by atoms with Crippen molar-refractivity contribution in [3.63, 3.8) is 0 Å². The van der Waals surface area contributed by atoms with Gasteiger partial charge in [0.2, 0.25) is 11.8 Å². The maximum absolute atomic E-state index is 13.0. The van der Waals surface area contributed by atoms with Crippen molar-refractivity contribution in [2.75, 3.05) is 7.05 Å². The maximum atomic E-state index is 13.0. The van der Waals surface area contributed by atoms with Crippen LogP contribution in [0, 0.1) is 0 Å². The lowest BCUT2D eigenvalue weighted by atomic mass is 10.0. The Kier molecular flexibility index (Phi) is 6.03. The third kappa shape index (κ3) is 4.19. The third-order valence-electron chi connectivity index (χ3n) is 4.92. The predicted octanol–water partition coefficient (Wildman–Crippen LogP) is 2.25. The summed E-state index contributed by atoms with van der Waals surface area (Å²) in [6, 6.07) is 12.4. The number of carboxylic acids is 1. The number of hydrogen-bond donors (Lipinski definition) is 1. The van der Waals surface area contributed by atoms with E-state index >= 15 is 0 Å². The van der Waals surface area contributed by atoms with Crippen LogP contribution < -0.4 is 0 Å². The Balaban J connectivity index is 1.90. The van der Waals surface area contributed by atoms with E-state index in [9.17, 15) is 14.4 Å². The van der Waals surface area contributed by atoms with Gasteiger partial charge in [-0.1, -0.05) is 36.4 Å². The fourth-order valence-corrected chi connectivity index (χ4v) is 3.60. The summed E-state index contributed by atoms with van der Waals surface area (Å²) < 4.78 is 0. The van der Waals surface area contributed by atoms with Crippen molar-refractivity contribution in [1.82, 2.24) is 14.8 Å². The molecule has 1 aromatic carbocycles. The summed E-state index contributed by atoms with van der Waals surface area (Å²) in [6.45, 7) is 0. The summed E-state index contributed by atoms with van der Waals surface area (Å²) in [5.41, 5.74) is 1.71. The number of carbonyl (C=O) groups is 3. The third-order valence-corrected chi connectivity index (χ3v) is 4.92. The molecule has 1 aromatic heterocycles. The molecule has 2 amide bonds. The summed E-state index contributed by atoms with van der Waals surface area (Å²) in [7, 11) is 1.70. The molecule has 7 heteroatoms. The largest absolute Gasteiger partial charge is 0.481 e. The van der Waals surface area contributed by atoms with Crippen LogP contribution in [0.2, 0.25) is 0 Å². The lowest BCUT2D eigenvalue weighted by Gasteiger charge is -2.30. The molecule has 146 valence electrons. The van der Waals surface area contributed by atoms with Crippen molar-refractivity contribution < 1.29 is 19.5 Å². The van der Waals surface area contributed by atoms with E-state index in [2.05, 4.69) is 4.98 Å². The normalized spacial score (nSPS) is 19.1. The van der Waals surface area contributed by atoms with Gasteiger partial charge in [0.1, 0.15) is 12.2 Å². The lowest BCUT2D eigenvalue weighted by Crippen LogP contribution is -2.41. The van der Waals surface area contributed by atoms with Gasteiger partial charge in [0.15, 0.2) is 0 Å². The lowest BCUT2D eigenvalue weighted by molar-refractivity contribution is -0.138. The molecule has 1 aliphatic heterocycles. The average molecular weight is 381 g/mol. The van der Waals surface area contributed by atoms with E-state index in [1.54, 1.807) is 35.3 Å². The van der Waals surface area contributed by atoms with Crippen molar-refractivity contribution >= 4 is 17.8 Å². The molecule has 2 heterocycles. The van der Waals surface area contributed by atoms with Gasteiger partial charge in [0, 0.05) is 38.7 Å². The number of hydrogen-bond acceptors (Lipinski definition) is 4. The second-order valence-corrected chi connectivity index (χ2v) is 6.86. The number of nitrogens with zero attached hydrogens (tertiary/aromatic N) is 3. The Morgan fingerprint density at radius 2 is 1.86 bits per heavy atom. The molecule has 0 saturated carbocycles. The topological polar surface area (TPSA) is 90.8 Å². The molecule has 7 nitrogen and oxygen atoms in total. The van der Waals surface area contributed by atoms with Crippen LogP contribution in [-0.2, 0) is 20.8 Å². The second kappa shape index (κ2) is 8.65. The first kappa shape index (κ1) is 19.5. The van der Waals surface area contributed by atoms with Crippen LogP contribution in [0.4, 0.5) is 0 Å². The highest BCUT2D eigenvalue weighted by atomic mass is 16.4. The van der Waals surface area contributed by atoms with Crippen LogP contribution in [0.25, 0.3) is 0 Å². The molecule has 1 aliphatic rings. The van der Waals surface area contributed by atoms with E-state index in [1.165, 1.54) is 0 Å². The molecule has 2 atom stereocenters. The van der Waals surface area contributed by atoms with Crippen molar-refractivity contribution in [3.05, 3.63) is 66.0 Å². The number of rotatable bonds is 7. The molecule has 0 radical (unpaired) electrons. The first-order valence-electron chi connectivity index (χ1n) is 9.22. The van der Waals surface area contributed by atoms with Gasteiger partial charge in [-0.3, -0.25) is 19.4 Å². The van der Waals surface area contributed by atoms with E-state index in [0.29, 0.717) is 6.42 Å². The van der Waals surface area contributed by atoms with E-state index < -0.39 is 18.2 Å². The fourth-order valence-electron chi connectivity index (χ4n) is 3.60. The summed E-state index contributed by atoms with van der Waals surface area (Å²) in [6.07, 6.45) is 3.46. The summed E-state index contributed by atoms with van der Waals surface area (Å²) >= 11 is 0. The Morgan fingerprint density at radius 1 is 1.11 bits per heavy atom. The molecule has 0 spiro atoms. The Hall–Kier alpha value is -3.22. The van der Waals surface area contributed by atoms with Gasteiger partial charge >= 0.3 is 5.97 Å². The quantitative estimate of drug-likeness (QED) is 0.794. The highest BCUT2D eigenvalue weighted by Gasteiger charge is 2.46. The van der Waals surface area contributed by atoms with Crippen LogP contribution in [0.1, 0.15) is 36.6 Å². The number of carbonyl (C=O) groups excluding carboxylic acids is 2. The fraction of sp³-hybridized carbons (Fsp3) is 0.333. The number of benzene rings is 1. The van der Waals surface area contributed by atoms with Crippen LogP contribution >= 0.6 is 0 Å². The zero-order valence-electron chi connectivity index (χ0n) is 15.7. The molecule has 1 fully saturated rings.